The van der Waals surface area contributed by atoms with Crippen molar-refractivity contribution in [2.45, 2.75) is 25.7 Å². The van der Waals surface area contributed by atoms with Gasteiger partial charge in [0, 0.05) is 16.1 Å². The average molecular weight is 352 g/mol. The minimum absolute atomic E-state index is 0.217. The first-order chi connectivity index (χ1) is 11.1. The fourth-order valence-electron chi connectivity index (χ4n) is 2.44. The van der Waals surface area contributed by atoms with Crippen molar-refractivity contribution in [2.75, 3.05) is 11.9 Å². The van der Waals surface area contributed by atoms with Crippen LogP contribution in [0.2, 0.25) is 5.02 Å². The molecule has 23 heavy (non-hydrogen) atoms. The van der Waals surface area contributed by atoms with Gasteiger partial charge in [0.15, 0.2) is 5.13 Å². The molecule has 1 amide bonds. The van der Waals surface area contributed by atoms with Gasteiger partial charge < -0.3 is 4.74 Å². The van der Waals surface area contributed by atoms with Crippen molar-refractivity contribution in [1.82, 2.24) is 9.97 Å². The van der Waals surface area contributed by atoms with E-state index in [0.29, 0.717) is 28.9 Å². The second-order valence-electron chi connectivity index (χ2n) is 4.98. The number of anilines is 1. The lowest BCUT2D eigenvalue weighted by Gasteiger charge is -2.07. The predicted molar refractivity (Wildman–Crippen MR) is 87.0 cm³/mol. The second-order valence-corrected chi connectivity index (χ2v) is 6.50. The van der Waals surface area contributed by atoms with Crippen molar-refractivity contribution in [1.29, 1.82) is 0 Å². The van der Waals surface area contributed by atoms with Crippen LogP contribution in [-0.2, 0) is 16.0 Å². The van der Waals surface area contributed by atoms with Crippen LogP contribution in [-0.4, -0.2) is 28.5 Å². The first-order valence-electron chi connectivity index (χ1n) is 7.17. The highest BCUT2D eigenvalue weighted by atomic mass is 35.5. The van der Waals surface area contributed by atoms with Crippen molar-refractivity contribution in [3.63, 3.8) is 0 Å². The van der Waals surface area contributed by atoms with E-state index in [4.69, 9.17) is 16.3 Å². The molecular formula is C15H14ClN3O3S. The summed E-state index contributed by atoms with van der Waals surface area (Å²) in [5.74, 6) is -0.977. The molecule has 2 aromatic rings. The Balaban J connectivity index is 1.75. The van der Waals surface area contributed by atoms with Crippen molar-refractivity contribution in [3.8, 4) is 0 Å². The molecule has 1 aliphatic rings. The van der Waals surface area contributed by atoms with E-state index in [-0.39, 0.29) is 23.5 Å². The molecule has 0 spiro atoms. The van der Waals surface area contributed by atoms with Crippen LogP contribution in [0.1, 0.15) is 40.3 Å². The number of esters is 1. The number of hydrogen-bond donors (Lipinski definition) is 1. The lowest BCUT2D eigenvalue weighted by atomic mass is 10.1. The zero-order chi connectivity index (χ0) is 16.4. The second kappa shape index (κ2) is 6.64. The van der Waals surface area contributed by atoms with Crippen molar-refractivity contribution >= 4 is 39.9 Å². The normalized spacial score (nSPS) is 16.0. The molecule has 1 atom stereocenters. The monoisotopic (exact) mass is 351 g/mol. The summed E-state index contributed by atoms with van der Waals surface area (Å²) >= 11 is 7.23. The number of pyridine rings is 1. The average Bonchev–Trinajstić information content (AvgIpc) is 3.07. The van der Waals surface area contributed by atoms with E-state index in [1.54, 1.807) is 13.0 Å². The highest BCUT2D eigenvalue weighted by Crippen LogP contribution is 2.39. The standard InChI is InChI=1S/C15H14ClN3O3S/c1-2-22-14(21)9-3-4-11-12(9)18-15(23-11)19-13(20)10-7-8(16)5-6-17-10/h5-7,9H,2-4H2,1H3,(H,18,19,20). The Labute approximate surface area is 141 Å². The highest BCUT2D eigenvalue weighted by molar-refractivity contribution is 7.16. The molecule has 0 saturated heterocycles. The van der Waals surface area contributed by atoms with E-state index >= 15 is 0 Å². The molecule has 0 radical (unpaired) electrons. The number of amides is 1. The van der Waals surface area contributed by atoms with E-state index < -0.39 is 0 Å². The van der Waals surface area contributed by atoms with Crippen LogP contribution in [0.5, 0.6) is 0 Å². The fraction of sp³-hybridized carbons (Fsp3) is 0.333. The zero-order valence-corrected chi connectivity index (χ0v) is 13.9. The topological polar surface area (TPSA) is 81.2 Å². The third-order valence-electron chi connectivity index (χ3n) is 3.46. The molecule has 3 rings (SSSR count). The number of nitrogens with zero attached hydrogens (tertiary/aromatic N) is 2. The third-order valence-corrected chi connectivity index (χ3v) is 4.75. The van der Waals surface area contributed by atoms with E-state index in [0.717, 1.165) is 11.3 Å². The van der Waals surface area contributed by atoms with Crippen molar-refractivity contribution in [2.24, 2.45) is 0 Å². The molecule has 2 heterocycles. The fourth-order valence-corrected chi connectivity index (χ4v) is 3.64. The third kappa shape index (κ3) is 3.35. The molecular weight excluding hydrogens is 338 g/mol. The van der Waals surface area contributed by atoms with Crippen molar-refractivity contribution < 1.29 is 14.3 Å². The van der Waals surface area contributed by atoms with E-state index in [1.165, 1.54) is 23.6 Å². The molecule has 0 aliphatic heterocycles. The van der Waals surface area contributed by atoms with Gasteiger partial charge in [0.05, 0.1) is 12.3 Å². The minimum Gasteiger partial charge on any atom is -0.465 e. The first kappa shape index (κ1) is 15.9. The molecule has 8 heteroatoms. The van der Waals surface area contributed by atoms with Crippen LogP contribution in [0.25, 0.3) is 0 Å². The lowest BCUT2D eigenvalue weighted by molar-refractivity contribution is -0.145. The predicted octanol–water partition coefficient (Wildman–Crippen LogP) is 3.04. The Bertz CT molecular complexity index is 762. The van der Waals surface area contributed by atoms with E-state index in [2.05, 4.69) is 15.3 Å². The first-order valence-corrected chi connectivity index (χ1v) is 8.37. The maximum Gasteiger partial charge on any atom is 0.315 e. The summed E-state index contributed by atoms with van der Waals surface area (Å²) in [6, 6.07) is 3.08. The van der Waals surface area contributed by atoms with Gasteiger partial charge in [-0.15, -0.1) is 11.3 Å². The van der Waals surface area contributed by atoms with E-state index in [1.807, 2.05) is 0 Å². The number of ether oxygens (including phenoxy) is 1. The maximum absolute atomic E-state index is 12.2. The Kier molecular flexibility index (Phi) is 4.58. The molecule has 0 bridgehead atoms. The summed E-state index contributed by atoms with van der Waals surface area (Å²) in [5, 5.41) is 3.60. The summed E-state index contributed by atoms with van der Waals surface area (Å²) in [7, 11) is 0. The van der Waals surface area contributed by atoms with Crippen LogP contribution < -0.4 is 5.32 Å². The molecule has 1 N–H and O–H groups in total. The number of aromatic nitrogens is 2. The maximum atomic E-state index is 12.2. The van der Waals surface area contributed by atoms with Gasteiger partial charge in [-0.3, -0.25) is 19.9 Å². The Morgan fingerprint density at radius 3 is 3.09 bits per heavy atom. The van der Waals surface area contributed by atoms with Gasteiger partial charge >= 0.3 is 5.97 Å². The van der Waals surface area contributed by atoms with Gasteiger partial charge in [-0.25, -0.2) is 4.98 Å². The number of thiazole rings is 1. The quantitative estimate of drug-likeness (QED) is 0.856. The molecule has 6 nitrogen and oxygen atoms in total. The van der Waals surface area contributed by atoms with Gasteiger partial charge in [-0.05, 0) is 31.9 Å². The van der Waals surface area contributed by atoms with E-state index in [9.17, 15) is 9.59 Å². The lowest BCUT2D eigenvalue weighted by Crippen LogP contribution is -2.15. The van der Waals surface area contributed by atoms with Gasteiger partial charge in [-0.1, -0.05) is 11.6 Å². The number of halogens is 1. The number of rotatable bonds is 4. The summed E-state index contributed by atoms with van der Waals surface area (Å²) in [6.07, 6.45) is 2.94. The summed E-state index contributed by atoms with van der Waals surface area (Å²) in [5.41, 5.74) is 0.928. The van der Waals surface area contributed by atoms with Crippen LogP contribution in [0, 0.1) is 0 Å². The number of nitrogens with one attached hydrogen (secondary N) is 1. The van der Waals surface area contributed by atoms with Gasteiger partial charge in [0.2, 0.25) is 0 Å². The Morgan fingerprint density at radius 1 is 1.52 bits per heavy atom. The number of carbonyl (C=O) groups is 2. The molecule has 2 aromatic heterocycles. The Morgan fingerprint density at radius 2 is 2.35 bits per heavy atom. The van der Waals surface area contributed by atoms with Crippen LogP contribution in [0.3, 0.4) is 0 Å². The minimum atomic E-state index is -0.382. The van der Waals surface area contributed by atoms with Crippen LogP contribution >= 0.6 is 22.9 Å². The highest BCUT2D eigenvalue weighted by Gasteiger charge is 2.33. The number of aryl methyl sites for hydroxylation is 1. The van der Waals surface area contributed by atoms with Gasteiger partial charge in [0.1, 0.15) is 11.6 Å². The molecule has 1 unspecified atom stereocenters. The summed E-state index contributed by atoms with van der Waals surface area (Å²) < 4.78 is 5.07. The Hall–Kier alpha value is -1.99. The van der Waals surface area contributed by atoms with Crippen LogP contribution in [0.4, 0.5) is 5.13 Å². The molecule has 0 saturated carbocycles. The number of hydrogen-bond acceptors (Lipinski definition) is 6. The van der Waals surface area contributed by atoms with Crippen LogP contribution in [0.15, 0.2) is 18.3 Å². The zero-order valence-electron chi connectivity index (χ0n) is 12.3. The summed E-state index contributed by atoms with van der Waals surface area (Å²) in [6.45, 7) is 2.12. The van der Waals surface area contributed by atoms with Crippen molar-refractivity contribution in [3.05, 3.63) is 39.6 Å². The largest absolute Gasteiger partial charge is 0.465 e. The number of carbonyl (C=O) groups excluding carboxylic acids is 2. The molecule has 120 valence electrons. The molecule has 0 aromatic carbocycles. The number of fused-ring (bicyclic) bond motifs is 1. The smallest absolute Gasteiger partial charge is 0.315 e. The van der Waals surface area contributed by atoms with Gasteiger partial charge in [-0.2, -0.15) is 0 Å². The molecule has 0 fully saturated rings. The SMILES string of the molecule is CCOC(=O)C1CCc2sc(NC(=O)c3cc(Cl)ccn3)nc21. The van der Waals surface area contributed by atoms with Gasteiger partial charge in [0.25, 0.3) is 5.91 Å². The molecule has 1 aliphatic carbocycles. The summed E-state index contributed by atoms with van der Waals surface area (Å²) in [4.78, 5) is 33.5.